The topological polar surface area (TPSA) is 79.6 Å². The zero-order valence-corrected chi connectivity index (χ0v) is 19.5. The molecule has 2 aliphatic heterocycles. The number of piperazine rings is 1. The molecule has 5 rings (SSSR count). The summed E-state index contributed by atoms with van der Waals surface area (Å²) in [5, 5.41) is 6.57. The van der Waals surface area contributed by atoms with Crippen molar-refractivity contribution in [1.29, 1.82) is 0 Å². The number of hydrogen-bond acceptors (Lipinski definition) is 8. The van der Waals surface area contributed by atoms with Crippen LogP contribution >= 0.6 is 11.3 Å². The van der Waals surface area contributed by atoms with Crippen LogP contribution in [0.25, 0.3) is 21.5 Å². The Morgan fingerprint density at radius 3 is 2.59 bits per heavy atom. The number of nitrogens with zero attached hydrogens (tertiary/aromatic N) is 7. The van der Waals surface area contributed by atoms with E-state index in [2.05, 4.69) is 20.3 Å². The van der Waals surface area contributed by atoms with E-state index in [0.717, 1.165) is 73.2 Å². The minimum Gasteiger partial charge on any atom is -0.378 e. The van der Waals surface area contributed by atoms with E-state index >= 15 is 0 Å². The molecule has 2 saturated heterocycles. The minimum atomic E-state index is 0.245. The van der Waals surface area contributed by atoms with Crippen LogP contribution < -0.4 is 4.90 Å². The number of ether oxygens (including phenoxy) is 1. The molecule has 0 aromatic carbocycles. The molecule has 0 aliphatic carbocycles. The molecule has 3 aromatic heterocycles. The highest BCUT2D eigenvalue weighted by Crippen LogP contribution is 2.35. The lowest BCUT2D eigenvalue weighted by Crippen LogP contribution is -2.48. The van der Waals surface area contributed by atoms with E-state index in [0.29, 0.717) is 19.6 Å². The molecule has 0 bridgehead atoms. The average Bonchev–Trinajstić information content (AvgIpc) is 3.45. The van der Waals surface area contributed by atoms with Crippen LogP contribution in [0, 0.1) is 0 Å². The summed E-state index contributed by atoms with van der Waals surface area (Å²) in [6, 6.07) is 0. The predicted octanol–water partition coefficient (Wildman–Crippen LogP) is 1.98. The van der Waals surface area contributed by atoms with Crippen molar-refractivity contribution in [2.75, 3.05) is 57.4 Å². The van der Waals surface area contributed by atoms with Gasteiger partial charge in [0, 0.05) is 76.6 Å². The zero-order valence-electron chi connectivity index (χ0n) is 18.7. The van der Waals surface area contributed by atoms with Gasteiger partial charge < -0.3 is 14.5 Å². The Kier molecular flexibility index (Phi) is 6.07. The molecule has 0 radical (unpaired) electrons. The molecule has 2 fully saturated rings. The third-order valence-electron chi connectivity index (χ3n) is 6.17. The quantitative estimate of drug-likeness (QED) is 0.582. The Hall–Kier alpha value is -2.56. The Morgan fingerprint density at radius 1 is 1.12 bits per heavy atom. The SMILES string of the molecule is CCC(=O)N1CCN(Cc2csc3c(-c4cnn(C)c4)nc(N4CCOCC4)nc23)CC1. The lowest BCUT2D eigenvalue weighted by molar-refractivity contribution is -0.132. The van der Waals surface area contributed by atoms with Gasteiger partial charge >= 0.3 is 0 Å². The van der Waals surface area contributed by atoms with E-state index in [-0.39, 0.29) is 5.91 Å². The lowest BCUT2D eigenvalue weighted by atomic mass is 10.2. The standard InChI is InChI=1S/C22H29N7O2S/c1-3-18(30)28-6-4-27(5-7-28)14-17-15-32-21-19(16-12-23-26(2)13-16)24-22(25-20(17)21)29-8-10-31-11-9-29/h12-13,15H,3-11,14H2,1-2H3. The first kappa shape index (κ1) is 21.3. The molecule has 2 aliphatic rings. The molecule has 170 valence electrons. The number of anilines is 1. The normalized spacial score (nSPS) is 17.9. The Labute approximate surface area is 191 Å². The van der Waals surface area contributed by atoms with Crippen LogP contribution in [0.4, 0.5) is 5.95 Å². The fourth-order valence-corrected chi connectivity index (χ4v) is 5.34. The Balaban J connectivity index is 1.45. The minimum absolute atomic E-state index is 0.245. The number of morpholine rings is 1. The second kappa shape index (κ2) is 9.13. The molecular formula is C22H29N7O2S. The molecule has 10 heteroatoms. The van der Waals surface area contributed by atoms with Crippen LogP contribution in [0.5, 0.6) is 0 Å². The second-order valence-electron chi connectivity index (χ2n) is 8.32. The van der Waals surface area contributed by atoms with Gasteiger partial charge in [0.1, 0.15) is 0 Å². The number of rotatable bonds is 5. The highest BCUT2D eigenvalue weighted by atomic mass is 32.1. The number of carbonyl (C=O) groups is 1. The number of thiophene rings is 1. The summed E-state index contributed by atoms with van der Waals surface area (Å²) in [5.41, 5.74) is 4.20. The highest BCUT2D eigenvalue weighted by Gasteiger charge is 2.24. The van der Waals surface area contributed by atoms with Crippen LogP contribution in [-0.4, -0.2) is 87.9 Å². The van der Waals surface area contributed by atoms with Gasteiger partial charge in [-0.2, -0.15) is 5.10 Å². The number of hydrogen-bond donors (Lipinski definition) is 0. The number of carbonyl (C=O) groups excluding carboxylic acids is 1. The van der Waals surface area contributed by atoms with Gasteiger partial charge in [-0.25, -0.2) is 9.97 Å². The van der Waals surface area contributed by atoms with Crippen molar-refractivity contribution >= 4 is 33.4 Å². The van der Waals surface area contributed by atoms with Crippen molar-refractivity contribution < 1.29 is 9.53 Å². The summed E-state index contributed by atoms with van der Waals surface area (Å²) < 4.78 is 8.44. The Morgan fingerprint density at radius 2 is 1.91 bits per heavy atom. The maximum atomic E-state index is 12.0. The van der Waals surface area contributed by atoms with E-state index in [1.807, 2.05) is 35.9 Å². The number of aromatic nitrogens is 4. The van der Waals surface area contributed by atoms with Gasteiger partial charge in [0.25, 0.3) is 0 Å². The van der Waals surface area contributed by atoms with Crippen LogP contribution in [0.2, 0.25) is 0 Å². The fraction of sp³-hybridized carbons (Fsp3) is 0.545. The molecule has 3 aromatic rings. The monoisotopic (exact) mass is 455 g/mol. The van der Waals surface area contributed by atoms with Crippen molar-refractivity contribution in [3.05, 3.63) is 23.3 Å². The fourth-order valence-electron chi connectivity index (χ4n) is 4.33. The van der Waals surface area contributed by atoms with E-state index in [1.54, 1.807) is 11.3 Å². The Bertz CT molecular complexity index is 1100. The van der Waals surface area contributed by atoms with Gasteiger partial charge in [-0.1, -0.05) is 6.92 Å². The molecule has 0 unspecified atom stereocenters. The third-order valence-corrected chi connectivity index (χ3v) is 7.20. The molecule has 0 spiro atoms. The summed E-state index contributed by atoms with van der Waals surface area (Å²) in [5.74, 6) is 1.01. The van der Waals surface area contributed by atoms with Crippen molar-refractivity contribution in [2.24, 2.45) is 7.05 Å². The van der Waals surface area contributed by atoms with Gasteiger partial charge in [0.05, 0.1) is 35.3 Å². The van der Waals surface area contributed by atoms with Gasteiger partial charge in [-0.3, -0.25) is 14.4 Å². The molecule has 1 amide bonds. The van der Waals surface area contributed by atoms with Crippen LogP contribution in [0.1, 0.15) is 18.9 Å². The summed E-state index contributed by atoms with van der Waals surface area (Å²) in [4.78, 5) is 28.6. The molecule has 0 atom stereocenters. The molecule has 9 nitrogen and oxygen atoms in total. The molecule has 5 heterocycles. The highest BCUT2D eigenvalue weighted by molar-refractivity contribution is 7.17. The number of amides is 1. The summed E-state index contributed by atoms with van der Waals surface area (Å²) in [7, 11) is 1.92. The van der Waals surface area contributed by atoms with Crippen molar-refractivity contribution in [2.45, 2.75) is 19.9 Å². The molecular weight excluding hydrogens is 426 g/mol. The first-order valence-corrected chi connectivity index (χ1v) is 12.1. The van der Waals surface area contributed by atoms with E-state index in [4.69, 9.17) is 14.7 Å². The van der Waals surface area contributed by atoms with Gasteiger partial charge in [0.2, 0.25) is 11.9 Å². The van der Waals surface area contributed by atoms with Crippen LogP contribution in [-0.2, 0) is 23.1 Å². The summed E-state index contributed by atoms with van der Waals surface area (Å²) in [6.45, 7) is 9.11. The number of fused-ring (bicyclic) bond motifs is 1. The van der Waals surface area contributed by atoms with Gasteiger partial charge in [-0.15, -0.1) is 11.3 Å². The van der Waals surface area contributed by atoms with E-state index in [1.165, 1.54) is 5.56 Å². The third kappa shape index (κ3) is 4.22. The summed E-state index contributed by atoms with van der Waals surface area (Å²) in [6.07, 6.45) is 4.45. The van der Waals surface area contributed by atoms with Gasteiger partial charge in [0.15, 0.2) is 0 Å². The van der Waals surface area contributed by atoms with Crippen molar-refractivity contribution in [1.82, 2.24) is 29.5 Å². The smallest absolute Gasteiger partial charge is 0.226 e. The van der Waals surface area contributed by atoms with Crippen molar-refractivity contribution in [3.8, 4) is 11.3 Å². The van der Waals surface area contributed by atoms with Crippen molar-refractivity contribution in [3.63, 3.8) is 0 Å². The first-order chi connectivity index (χ1) is 15.6. The lowest BCUT2D eigenvalue weighted by Gasteiger charge is -2.34. The molecule has 0 saturated carbocycles. The molecule has 32 heavy (non-hydrogen) atoms. The second-order valence-corrected chi connectivity index (χ2v) is 9.20. The van der Waals surface area contributed by atoms with Crippen LogP contribution in [0.3, 0.4) is 0 Å². The maximum absolute atomic E-state index is 12.0. The largest absolute Gasteiger partial charge is 0.378 e. The van der Waals surface area contributed by atoms with Crippen LogP contribution in [0.15, 0.2) is 17.8 Å². The maximum Gasteiger partial charge on any atom is 0.226 e. The molecule has 0 N–H and O–H groups in total. The average molecular weight is 456 g/mol. The predicted molar refractivity (Wildman–Crippen MR) is 125 cm³/mol. The number of aryl methyl sites for hydroxylation is 1. The van der Waals surface area contributed by atoms with Gasteiger partial charge in [-0.05, 0) is 5.38 Å². The zero-order chi connectivity index (χ0) is 22.1. The summed E-state index contributed by atoms with van der Waals surface area (Å²) >= 11 is 1.70. The van der Waals surface area contributed by atoms with E-state index in [9.17, 15) is 4.79 Å². The first-order valence-electron chi connectivity index (χ1n) is 11.2. The van der Waals surface area contributed by atoms with E-state index < -0.39 is 0 Å².